The van der Waals surface area contributed by atoms with Crippen molar-refractivity contribution < 1.29 is 9.53 Å². The van der Waals surface area contributed by atoms with Crippen molar-refractivity contribution in [3.05, 3.63) is 11.8 Å². The Hall–Kier alpha value is -1.52. The second-order valence-corrected chi connectivity index (χ2v) is 4.53. The van der Waals surface area contributed by atoms with E-state index in [2.05, 4.69) is 12.0 Å². The minimum Gasteiger partial charge on any atom is -0.477 e. The lowest BCUT2D eigenvalue weighted by molar-refractivity contribution is 0.0755. The van der Waals surface area contributed by atoms with Crippen molar-refractivity contribution in [3.8, 4) is 5.88 Å². The first-order chi connectivity index (χ1) is 8.77. The van der Waals surface area contributed by atoms with Crippen LogP contribution in [-0.2, 0) is 6.54 Å². The number of aryl methyl sites for hydroxylation is 1. The molecule has 0 radical (unpaired) electrons. The summed E-state index contributed by atoms with van der Waals surface area (Å²) in [7, 11) is 0. The van der Waals surface area contributed by atoms with E-state index in [0.717, 1.165) is 38.9 Å². The zero-order chi connectivity index (χ0) is 13.0. The third-order valence-corrected chi connectivity index (χ3v) is 3.23. The zero-order valence-corrected chi connectivity index (χ0v) is 11.2. The molecule has 1 aliphatic rings. The lowest BCUT2D eigenvalue weighted by atomic mass is 10.2. The quantitative estimate of drug-likeness (QED) is 0.803. The number of ether oxygens (including phenoxy) is 1. The van der Waals surface area contributed by atoms with Crippen molar-refractivity contribution in [2.45, 2.75) is 39.7 Å². The van der Waals surface area contributed by atoms with E-state index in [9.17, 15) is 4.79 Å². The van der Waals surface area contributed by atoms with Crippen LogP contribution in [0.4, 0.5) is 0 Å². The van der Waals surface area contributed by atoms with Gasteiger partial charge in [0.2, 0.25) is 5.88 Å². The number of unbranched alkanes of at least 4 members (excludes halogenated alkanes) is 1. The molecular weight excluding hydrogens is 230 g/mol. The van der Waals surface area contributed by atoms with Gasteiger partial charge in [0.05, 0.1) is 12.8 Å². The fraction of sp³-hybridized carbons (Fsp3) is 0.692. The van der Waals surface area contributed by atoms with Gasteiger partial charge in [0.15, 0.2) is 0 Å². The Morgan fingerprint density at radius 2 is 2.39 bits per heavy atom. The number of rotatable bonds is 5. The van der Waals surface area contributed by atoms with Crippen LogP contribution >= 0.6 is 0 Å². The first kappa shape index (κ1) is 12.9. The molecule has 100 valence electrons. The van der Waals surface area contributed by atoms with Crippen molar-refractivity contribution in [3.63, 3.8) is 0 Å². The molecule has 0 bridgehead atoms. The van der Waals surface area contributed by atoms with Crippen LogP contribution < -0.4 is 4.74 Å². The molecule has 0 atom stereocenters. The van der Waals surface area contributed by atoms with Gasteiger partial charge in [0, 0.05) is 26.1 Å². The van der Waals surface area contributed by atoms with E-state index in [-0.39, 0.29) is 5.91 Å². The van der Waals surface area contributed by atoms with Crippen LogP contribution in [0.2, 0.25) is 0 Å². The Balaban J connectivity index is 2.14. The van der Waals surface area contributed by atoms with Crippen LogP contribution in [0.5, 0.6) is 5.88 Å². The van der Waals surface area contributed by atoms with Gasteiger partial charge in [0.1, 0.15) is 5.56 Å². The summed E-state index contributed by atoms with van der Waals surface area (Å²) >= 11 is 0. The SMILES string of the molecule is CCCCN(CC)C(=O)c1cnn2c1OCCC2. The maximum atomic E-state index is 12.4. The first-order valence-corrected chi connectivity index (χ1v) is 6.75. The van der Waals surface area contributed by atoms with Gasteiger partial charge in [-0.25, -0.2) is 4.68 Å². The third-order valence-electron chi connectivity index (χ3n) is 3.23. The monoisotopic (exact) mass is 251 g/mol. The van der Waals surface area contributed by atoms with Crippen molar-refractivity contribution >= 4 is 5.91 Å². The normalized spacial score (nSPS) is 13.9. The van der Waals surface area contributed by atoms with Gasteiger partial charge in [-0.05, 0) is 13.3 Å². The summed E-state index contributed by atoms with van der Waals surface area (Å²) in [5, 5.41) is 4.22. The molecule has 1 aromatic heterocycles. The van der Waals surface area contributed by atoms with Crippen molar-refractivity contribution in [2.24, 2.45) is 0 Å². The van der Waals surface area contributed by atoms with E-state index in [0.29, 0.717) is 18.1 Å². The average molecular weight is 251 g/mol. The van der Waals surface area contributed by atoms with Crippen molar-refractivity contribution in [1.82, 2.24) is 14.7 Å². The summed E-state index contributed by atoms with van der Waals surface area (Å²) in [6.45, 7) is 7.17. The summed E-state index contributed by atoms with van der Waals surface area (Å²) in [6, 6.07) is 0. The molecule has 1 aliphatic heterocycles. The summed E-state index contributed by atoms with van der Waals surface area (Å²) in [5.41, 5.74) is 0.604. The molecule has 18 heavy (non-hydrogen) atoms. The molecule has 2 rings (SSSR count). The van der Waals surface area contributed by atoms with Gasteiger partial charge in [-0.3, -0.25) is 4.79 Å². The first-order valence-electron chi connectivity index (χ1n) is 6.75. The van der Waals surface area contributed by atoms with Crippen LogP contribution in [0, 0.1) is 0 Å². The lowest BCUT2D eigenvalue weighted by Crippen LogP contribution is -2.32. The zero-order valence-electron chi connectivity index (χ0n) is 11.2. The van der Waals surface area contributed by atoms with E-state index in [4.69, 9.17) is 4.74 Å². The number of amides is 1. The highest BCUT2D eigenvalue weighted by Crippen LogP contribution is 2.23. The van der Waals surface area contributed by atoms with Crippen LogP contribution in [0.25, 0.3) is 0 Å². The Morgan fingerprint density at radius 1 is 1.56 bits per heavy atom. The summed E-state index contributed by atoms with van der Waals surface area (Å²) in [5.74, 6) is 0.676. The molecule has 0 saturated carbocycles. The molecule has 1 aromatic rings. The van der Waals surface area contributed by atoms with Crippen molar-refractivity contribution in [1.29, 1.82) is 0 Å². The molecule has 0 unspecified atom stereocenters. The summed E-state index contributed by atoms with van der Waals surface area (Å²) in [4.78, 5) is 14.3. The standard InChI is InChI=1S/C13H21N3O2/c1-3-5-7-15(4-2)12(17)11-10-14-16-8-6-9-18-13(11)16/h10H,3-9H2,1-2H3. The Bertz CT molecular complexity index is 414. The van der Waals surface area contributed by atoms with E-state index >= 15 is 0 Å². The highest BCUT2D eigenvalue weighted by atomic mass is 16.5. The van der Waals surface area contributed by atoms with Crippen LogP contribution in [0.1, 0.15) is 43.5 Å². The fourth-order valence-electron chi connectivity index (χ4n) is 2.14. The molecule has 0 spiro atoms. The molecular formula is C13H21N3O2. The molecule has 0 N–H and O–H groups in total. The maximum absolute atomic E-state index is 12.4. The number of carbonyl (C=O) groups excluding carboxylic acids is 1. The van der Waals surface area contributed by atoms with Gasteiger partial charge in [-0.2, -0.15) is 5.10 Å². The summed E-state index contributed by atoms with van der Waals surface area (Å²) < 4.78 is 7.35. The molecule has 5 nitrogen and oxygen atoms in total. The lowest BCUT2D eigenvalue weighted by Gasteiger charge is -2.21. The maximum Gasteiger partial charge on any atom is 0.260 e. The number of carbonyl (C=O) groups is 1. The molecule has 0 fully saturated rings. The van der Waals surface area contributed by atoms with E-state index < -0.39 is 0 Å². The van der Waals surface area contributed by atoms with Crippen LogP contribution in [-0.4, -0.2) is 40.3 Å². The Kier molecular flexibility index (Phi) is 4.23. The predicted octanol–water partition coefficient (Wildman–Crippen LogP) is 1.93. The topological polar surface area (TPSA) is 47.4 Å². The Morgan fingerprint density at radius 3 is 3.11 bits per heavy atom. The van der Waals surface area contributed by atoms with Gasteiger partial charge in [0.25, 0.3) is 5.91 Å². The van der Waals surface area contributed by atoms with Gasteiger partial charge in [-0.15, -0.1) is 0 Å². The van der Waals surface area contributed by atoms with Gasteiger partial charge >= 0.3 is 0 Å². The molecule has 0 aromatic carbocycles. The number of nitrogens with zero attached hydrogens (tertiary/aromatic N) is 3. The fourth-order valence-corrected chi connectivity index (χ4v) is 2.14. The molecule has 2 heterocycles. The third kappa shape index (κ3) is 2.49. The number of fused-ring (bicyclic) bond motifs is 1. The van der Waals surface area contributed by atoms with Gasteiger partial charge < -0.3 is 9.64 Å². The molecule has 1 amide bonds. The minimum atomic E-state index is 0.0362. The molecule has 0 saturated heterocycles. The van der Waals surface area contributed by atoms with E-state index in [1.807, 2.05) is 11.8 Å². The van der Waals surface area contributed by atoms with Crippen LogP contribution in [0.15, 0.2) is 6.20 Å². The number of aromatic nitrogens is 2. The van der Waals surface area contributed by atoms with E-state index in [1.165, 1.54) is 0 Å². The summed E-state index contributed by atoms with van der Waals surface area (Å²) in [6.07, 6.45) is 4.71. The largest absolute Gasteiger partial charge is 0.477 e. The molecule has 0 aliphatic carbocycles. The minimum absolute atomic E-state index is 0.0362. The second-order valence-electron chi connectivity index (χ2n) is 4.53. The van der Waals surface area contributed by atoms with Gasteiger partial charge in [-0.1, -0.05) is 13.3 Å². The average Bonchev–Trinajstić information content (AvgIpc) is 2.83. The van der Waals surface area contributed by atoms with Crippen LogP contribution in [0.3, 0.4) is 0 Å². The molecule has 5 heteroatoms. The Labute approximate surface area is 108 Å². The smallest absolute Gasteiger partial charge is 0.260 e. The number of hydrogen-bond donors (Lipinski definition) is 0. The highest BCUT2D eigenvalue weighted by Gasteiger charge is 2.24. The predicted molar refractivity (Wildman–Crippen MR) is 68.8 cm³/mol. The highest BCUT2D eigenvalue weighted by molar-refractivity contribution is 5.96. The van der Waals surface area contributed by atoms with E-state index in [1.54, 1.807) is 10.9 Å². The number of hydrogen-bond acceptors (Lipinski definition) is 3. The van der Waals surface area contributed by atoms with Crippen molar-refractivity contribution in [2.75, 3.05) is 19.7 Å². The second kappa shape index (κ2) is 5.89.